The number of piperazine rings is 1. The molecule has 0 spiro atoms. The molecule has 1 unspecified atom stereocenters. The Labute approximate surface area is 285 Å². The van der Waals surface area contributed by atoms with Gasteiger partial charge >= 0.3 is 12.1 Å². The van der Waals surface area contributed by atoms with E-state index in [0.29, 0.717) is 17.4 Å². The van der Waals surface area contributed by atoms with E-state index in [1.165, 1.54) is 15.9 Å². The maximum Gasteiger partial charge on any atom is 0.409 e. The van der Waals surface area contributed by atoms with E-state index in [1.54, 1.807) is 31.2 Å². The van der Waals surface area contributed by atoms with Crippen LogP contribution in [0.5, 0.6) is 5.75 Å². The number of rotatable bonds is 11. The number of aliphatic carboxylic acids is 1. The fourth-order valence-electron chi connectivity index (χ4n) is 6.41. The van der Waals surface area contributed by atoms with Crippen molar-refractivity contribution < 1.29 is 38.6 Å². The molecule has 2 N–H and O–H groups in total. The number of carboxylic acids is 1. The fourth-order valence-corrected chi connectivity index (χ4v) is 6.41. The highest BCUT2D eigenvalue weighted by atomic mass is 16.6. The average molecular weight is 674 g/mol. The first-order valence-electron chi connectivity index (χ1n) is 16.7. The third kappa shape index (κ3) is 8.45. The Balaban J connectivity index is 1.31. The molecule has 2 aliphatic heterocycles. The topological polar surface area (TPSA) is 159 Å². The molecule has 4 amide bonds. The van der Waals surface area contributed by atoms with Gasteiger partial charge in [-0.15, -0.1) is 0 Å². The number of hydrogen-bond donors (Lipinski definition) is 2. The van der Waals surface area contributed by atoms with Gasteiger partial charge in [0, 0.05) is 50.6 Å². The lowest BCUT2D eigenvalue weighted by molar-refractivity contribution is -0.138. The van der Waals surface area contributed by atoms with Crippen molar-refractivity contribution in [3.8, 4) is 5.75 Å². The molecule has 2 aliphatic rings. The molecule has 2 atom stereocenters. The van der Waals surface area contributed by atoms with Crippen molar-refractivity contribution in [3.05, 3.63) is 70.9 Å². The van der Waals surface area contributed by atoms with Gasteiger partial charge in [-0.2, -0.15) is 0 Å². The summed E-state index contributed by atoms with van der Waals surface area (Å²) >= 11 is 0. The molecule has 3 aromatic rings. The van der Waals surface area contributed by atoms with Crippen LogP contribution in [0.2, 0.25) is 0 Å². The van der Waals surface area contributed by atoms with Crippen LogP contribution in [-0.2, 0) is 19.1 Å². The number of ether oxygens (including phenoxy) is 2. The minimum Gasteiger partial charge on any atom is -0.483 e. The minimum atomic E-state index is -1.14. The van der Waals surface area contributed by atoms with Crippen LogP contribution in [0.25, 0.3) is 10.9 Å². The molecule has 13 heteroatoms. The van der Waals surface area contributed by atoms with Gasteiger partial charge in [0.25, 0.3) is 11.8 Å². The van der Waals surface area contributed by atoms with Crippen LogP contribution in [0.4, 0.5) is 4.79 Å². The predicted molar refractivity (Wildman–Crippen MR) is 180 cm³/mol. The number of carbonyl (C=O) groups is 5. The molecule has 0 radical (unpaired) electrons. The SMILES string of the molecule is CCOC(=O)N1CCN(C(=O)[C@H](CCC(=O)O)NC(=O)c2cc(OCC(=O)N3CCCC3c3cc(C)ccc3C)c3ccccc3n2)CC1. The Morgan fingerprint density at radius 3 is 2.45 bits per heavy atom. The maximum absolute atomic E-state index is 13.6. The van der Waals surface area contributed by atoms with Crippen LogP contribution < -0.4 is 10.1 Å². The van der Waals surface area contributed by atoms with Gasteiger partial charge in [-0.05, 0) is 63.3 Å². The quantitative estimate of drug-likeness (QED) is 0.308. The summed E-state index contributed by atoms with van der Waals surface area (Å²) in [5.74, 6) is -2.13. The first-order valence-corrected chi connectivity index (χ1v) is 16.7. The Kier molecular flexibility index (Phi) is 11.3. The second-order valence-corrected chi connectivity index (χ2v) is 12.4. The van der Waals surface area contributed by atoms with E-state index in [4.69, 9.17) is 9.47 Å². The smallest absolute Gasteiger partial charge is 0.409 e. The number of carbonyl (C=O) groups excluding carboxylic acids is 4. The number of nitrogens with zero attached hydrogens (tertiary/aromatic N) is 4. The van der Waals surface area contributed by atoms with Gasteiger partial charge in [0.15, 0.2) is 6.61 Å². The summed E-state index contributed by atoms with van der Waals surface area (Å²) in [6.45, 7) is 7.32. The van der Waals surface area contributed by atoms with E-state index in [2.05, 4.69) is 28.5 Å². The normalized spacial score (nSPS) is 16.7. The van der Waals surface area contributed by atoms with Crippen molar-refractivity contribution >= 4 is 40.7 Å². The highest BCUT2D eigenvalue weighted by molar-refractivity contribution is 5.99. The standard InChI is InChI=1S/C36H43N5O8/c1-4-48-36(47)40-18-16-39(17-19-40)35(46)28(13-14-33(43)44)38-34(45)29-21-31(25-8-5-6-9-27(25)37-29)49-22-32(42)41-15-7-10-30(41)26-20-23(2)11-12-24(26)3/h5-6,8-9,11-12,20-21,28,30H,4,7,10,13-19,22H2,1-3H3,(H,38,45)(H,43,44)/t28-,30?/m0/s1. The molecule has 3 heterocycles. The molecule has 13 nitrogen and oxygen atoms in total. The zero-order chi connectivity index (χ0) is 35.1. The van der Waals surface area contributed by atoms with Gasteiger partial charge in [0.2, 0.25) is 5.91 Å². The number of pyridine rings is 1. The molecule has 2 aromatic carbocycles. The molecule has 49 heavy (non-hydrogen) atoms. The summed E-state index contributed by atoms with van der Waals surface area (Å²) in [6, 6.07) is 13.6. The number of aromatic nitrogens is 1. The van der Waals surface area contributed by atoms with E-state index in [-0.39, 0.29) is 75.6 Å². The molecule has 2 fully saturated rings. The molecule has 1 aromatic heterocycles. The zero-order valence-electron chi connectivity index (χ0n) is 28.1. The van der Waals surface area contributed by atoms with Crippen molar-refractivity contribution in [3.63, 3.8) is 0 Å². The average Bonchev–Trinajstić information content (AvgIpc) is 3.59. The van der Waals surface area contributed by atoms with E-state index >= 15 is 0 Å². The van der Waals surface area contributed by atoms with Crippen LogP contribution in [0.1, 0.15) is 65.8 Å². The first-order chi connectivity index (χ1) is 23.5. The molecule has 0 saturated carbocycles. The summed E-state index contributed by atoms with van der Waals surface area (Å²) in [4.78, 5) is 73.5. The largest absolute Gasteiger partial charge is 0.483 e. The second-order valence-electron chi connectivity index (χ2n) is 12.4. The zero-order valence-corrected chi connectivity index (χ0v) is 28.1. The van der Waals surface area contributed by atoms with Crippen LogP contribution in [-0.4, -0.2) is 107 Å². The Hall–Kier alpha value is -5.20. The number of fused-ring (bicyclic) bond motifs is 1. The second kappa shape index (κ2) is 15.8. The van der Waals surface area contributed by atoms with Gasteiger partial charge in [-0.3, -0.25) is 19.2 Å². The van der Waals surface area contributed by atoms with Crippen LogP contribution in [0.15, 0.2) is 48.5 Å². The van der Waals surface area contributed by atoms with Gasteiger partial charge < -0.3 is 34.6 Å². The molecule has 2 saturated heterocycles. The van der Waals surface area contributed by atoms with Crippen molar-refractivity contribution in [1.29, 1.82) is 0 Å². The van der Waals surface area contributed by atoms with Gasteiger partial charge in [0.05, 0.1) is 18.2 Å². The molecule has 0 aliphatic carbocycles. The number of nitrogens with one attached hydrogen (secondary N) is 1. The van der Waals surface area contributed by atoms with Crippen LogP contribution >= 0.6 is 0 Å². The number of benzene rings is 2. The lowest BCUT2D eigenvalue weighted by Gasteiger charge is -2.35. The summed E-state index contributed by atoms with van der Waals surface area (Å²) in [6.07, 6.45) is 0.798. The fraction of sp³-hybridized carbons (Fsp3) is 0.444. The third-order valence-corrected chi connectivity index (χ3v) is 9.00. The summed E-state index contributed by atoms with van der Waals surface area (Å²) in [7, 11) is 0. The van der Waals surface area contributed by atoms with Gasteiger partial charge in [0.1, 0.15) is 17.5 Å². The number of hydrogen-bond acceptors (Lipinski definition) is 8. The van der Waals surface area contributed by atoms with Gasteiger partial charge in [-0.1, -0.05) is 35.9 Å². The number of likely N-dealkylation sites (tertiary alicyclic amines) is 1. The van der Waals surface area contributed by atoms with Crippen molar-refractivity contribution in [2.75, 3.05) is 45.9 Å². The molecule has 0 bridgehead atoms. The Bertz CT molecular complexity index is 1720. The molecular formula is C36H43N5O8. The lowest BCUT2D eigenvalue weighted by Crippen LogP contribution is -2.56. The maximum atomic E-state index is 13.6. The monoisotopic (exact) mass is 673 g/mol. The van der Waals surface area contributed by atoms with Crippen molar-refractivity contribution in [1.82, 2.24) is 25.0 Å². The summed E-state index contributed by atoms with van der Waals surface area (Å²) < 4.78 is 11.1. The highest BCUT2D eigenvalue weighted by Crippen LogP contribution is 2.34. The summed E-state index contributed by atoms with van der Waals surface area (Å²) in [5, 5.41) is 12.6. The highest BCUT2D eigenvalue weighted by Gasteiger charge is 2.33. The van der Waals surface area contributed by atoms with E-state index in [9.17, 15) is 29.1 Å². The molecule has 5 rings (SSSR count). The summed E-state index contributed by atoms with van der Waals surface area (Å²) in [5.41, 5.74) is 3.80. The molecule has 260 valence electrons. The number of aryl methyl sites for hydroxylation is 2. The Morgan fingerprint density at radius 2 is 1.71 bits per heavy atom. The Morgan fingerprint density at radius 1 is 0.980 bits per heavy atom. The molecular weight excluding hydrogens is 630 g/mol. The predicted octanol–water partition coefficient (Wildman–Crippen LogP) is 3.86. The van der Waals surface area contributed by atoms with E-state index in [1.807, 2.05) is 18.7 Å². The van der Waals surface area contributed by atoms with Crippen molar-refractivity contribution in [2.24, 2.45) is 0 Å². The number of para-hydroxylation sites is 1. The first kappa shape index (κ1) is 35.1. The van der Waals surface area contributed by atoms with Crippen molar-refractivity contribution in [2.45, 2.75) is 58.5 Å². The van der Waals surface area contributed by atoms with Crippen LogP contribution in [0, 0.1) is 13.8 Å². The number of amides is 4. The van der Waals surface area contributed by atoms with E-state index in [0.717, 1.165) is 29.5 Å². The lowest BCUT2D eigenvalue weighted by atomic mass is 9.97. The van der Waals surface area contributed by atoms with Crippen LogP contribution in [0.3, 0.4) is 0 Å². The number of carboxylic acid groups (broad SMARTS) is 1. The van der Waals surface area contributed by atoms with Gasteiger partial charge in [-0.25, -0.2) is 9.78 Å². The third-order valence-electron chi connectivity index (χ3n) is 9.00. The van der Waals surface area contributed by atoms with E-state index < -0.39 is 29.9 Å². The minimum absolute atomic E-state index is 0.0417.